The van der Waals surface area contributed by atoms with Crippen LogP contribution in [0.5, 0.6) is 0 Å². The molecule has 13 heteroatoms. The molecule has 0 radical (unpaired) electrons. The maximum atomic E-state index is 16.1. The molecule has 46 heavy (non-hydrogen) atoms. The lowest BCUT2D eigenvalue weighted by atomic mass is 9.93. The number of nitrogens with zero attached hydrogens (tertiary/aromatic N) is 3. The molecule has 0 bridgehead atoms. The van der Waals surface area contributed by atoms with E-state index >= 15 is 8.78 Å². The first-order valence-corrected chi connectivity index (χ1v) is 19.0. The Labute approximate surface area is 271 Å². The van der Waals surface area contributed by atoms with Crippen LogP contribution >= 0.6 is 11.3 Å². The van der Waals surface area contributed by atoms with Crippen molar-refractivity contribution in [2.45, 2.75) is 97.8 Å². The molecular formula is C33H41F3N4O4SSi. The van der Waals surface area contributed by atoms with E-state index in [-0.39, 0.29) is 55.9 Å². The summed E-state index contributed by atoms with van der Waals surface area (Å²) in [5.74, 6) is -2.43. The number of pyridine rings is 1. The van der Waals surface area contributed by atoms with Crippen LogP contribution < -0.4 is 5.56 Å². The molecule has 1 N–H and O–H groups in total. The number of benzene rings is 1. The van der Waals surface area contributed by atoms with Crippen LogP contribution in [0.3, 0.4) is 0 Å². The van der Waals surface area contributed by atoms with Gasteiger partial charge in [-0.2, -0.15) is 5.10 Å². The minimum atomic E-state index is -2.37. The summed E-state index contributed by atoms with van der Waals surface area (Å²) in [5.41, 5.74) is -0.106. The maximum Gasteiger partial charge on any atom is 0.410 e. The lowest BCUT2D eigenvalue weighted by Crippen LogP contribution is -2.45. The third-order valence-corrected chi connectivity index (χ3v) is 14.3. The third kappa shape index (κ3) is 6.16. The molecule has 0 fully saturated rings. The maximum absolute atomic E-state index is 16.1. The second kappa shape index (κ2) is 11.7. The van der Waals surface area contributed by atoms with E-state index in [1.807, 2.05) is 26.9 Å². The quantitative estimate of drug-likeness (QED) is 0.214. The summed E-state index contributed by atoms with van der Waals surface area (Å²) in [6.07, 6.45) is -0.475. The Morgan fingerprint density at radius 1 is 1.07 bits per heavy atom. The van der Waals surface area contributed by atoms with Crippen LogP contribution in [0.4, 0.5) is 18.0 Å². The summed E-state index contributed by atoms with van der Waals surface area (Å²) in [5, 5.41) is 5.73. The van der Waals surface area contributed by atoms with Crippen LogP contribution in [0.1, 0.15) is 78.7 Å². The number of amides is 1. The van der Waals surface area contributed by atoms with Gasteiger partial charge in [0.2, 0.25) is 0 Å². The summed E-state index contributed by atoms with van der Waals surface area (Å²) in [6, 6.07) is 2.91. The number of aromatic amines is 1. The molecule has 1 amide bonds. The monoisotopic (exact) mass is 674 g/mol. The zero-order valence-corrected chi connectivity index (χ0v) is 29.7. The van der Waals surface area contributed by atoms with Gasteiger partial charge >= 0.3 is 6.09 Å². The predicted octanol–water partition coefficient (Wildman–Crippen LogP) is 8.93. The molecule has 5 rings (SSSR count). The van der Waals surface area contributed by atoms with Gasteiger partial charge in [0.25, 0.3) is 5.56 Å². The van der Waals surface area contributed by atoms with Gasteiger partial charge in [0.15, 0.2) is 8.32 Å². The van der Waals surface area contributed by atoms with Crippen molar-refractivity contribution in [3.8, 4) is 22.5 Å². The summed E-state index contributed by atoms with van der Waals surface area (Å²) < 4.78 is 60.3. The van der Waals surface area contributed by atoms with Crippen molar-refractivity contribution in [3.05, 3.63) is 62.6 Å². The van der Waals surface area contributed by atoms with Crippen molar-refractivity contribution in [1.82, 2.24) is 19.7 Å². The molecule has 1 aromatic carbocycles. The number of nitrogens with one attached hydrogen (secondary N) is 1. The van der Waals surface area contributed by atoms with Gasteiger partial charge in [-0.05, 0) is 70.4 Å². The first-order chi connectivity index (χ1) is 21.2. The minimum Gasteiger partial charge on any atom is -0.444 e. The van der Waals surface area contributed by atoms with Crippen molar-refractivity contribution < 1.29 is 27.1 Å². The van der Waals surface area contributed by atoms with Crippen molar-refractivity contribution in [2.75, 3.05) is 6.54 Å². The normalized spacial score (nSPS) is 17.5. The standard InChI is InChI=1S/C33H41F3N4O4SSi/c1-17-14-39(31(42)44-32(3,4)5)18(2)24-13-23(38-40(17)24)28-27(26-22(36)16-45-29(26)30(41)37-28)25-19(11-20(34)12-21(25)35)15-43-46(9,10)33(6,7)8/h11-13,16-18H,14-15H2,1-10H3,(H,37,41)/t17-,18+/m0/s1. The molecule has 0 spiro atoms. The number of ether oxygens (including phenoxy) is 1. The Morgan fingerprint density at radius 3 is 2.37 bits per heavy atom. The highest BCUT2D eigenvalue weighted by Gasteiger charge is 2.39. The van der Waals surface area contributed by atoms with Gasteiger partial charge in [0, 0.05) is 34.5 Å². The zero-order valence-electron chi connectivity index (χ0n) is 27.9. The lowest BCUT2D eigenvalue weighted by molar-refractivity contribution is 0.00865. The number of aromatic nitrogens is 3. The SMILES string of the molecule is C[C@@H]1c2cc(-c3[nH]c(=O)c4scc(F)c4c3-c3c(F)cc(F)cc3CO[Si](C)(C)C(C)(C)C)nn2[C@@H](C)CN1C(=O)OC(C)(C)C. The van der Waals surface area contributed by atoms with Crippen LogP contribution in [0.2, 0.25) is 18.1 Å². The van der Waals surface area contributed by atoms with E-state index in [0.717, 1.165) is 17.4 Å². The van der Waals surface area contributed by atoms with Crippen molar-refractivity contribution in [2.24, 2.45) is 0 Å². The molecular weight excluding hydrogens is 634 g/mol. The third-order valence-electron chi connectivity index (χ3n) is 8.90. The van der Waals surface area contributed by atoms with Crippen LogP contribution in [-0.4, -0.2) is 46.2 Å². The fourth-order valence-corrected chi connectivity index (χ4v) is 7.23. The first kappa shape index (κ1) is 33.9. The number of carbonyl (C=O) groups is 1. The molecule has 1 aliphatic rings. The Morgan fingerprint density at radius 2 is 1.74 bits per heavy atom. The van der Waals surface area contributed by atoms with E-state index in [4.69, 9.17) is 14.3 Å². The van der Waals surface area contributed by atoms with E-state index in [9.17, 15) is 14.0 Å². The summed E-state index contributed by atoms with van der Waals surface area (Å²) in [7, 11) is -2.37. The average Bonchev–Trinajstić information content (AvgIpc) is 3.54. The second-order valence-electron chi connectivity index (χ2n) is 14.5. The second-order valence-corrected chi connectivity index (χ2v) is 20.2. The number of hydrogen-bond donors (Lipinski definition) is 1. The molecule has 4 aromatic rings. The highest BCUT2D eigenvalue weighted by molar-refractivity contribution is 7.17. The minimum absolute atomic E-state index is 0.0550. The number of rotatable bonds is 5. The molecule has 1 aliphatic heterocycles. The molecule has 2 atom stereocenters. The Hall–Kier alpha value is -3.42. The lowest BCUT2D eigenvalue weighted by Gasteiger charge is -2.38. The van der Waals surface area contributed by atoms with E-state index in [1.54, 1.807) is 36.4 Å². The van der Waals surface area contributed by atoms with Crippen LogP contribution in [0.15, 0.2) is 28.4 Å². The molecule has 0 aliphatic carbocycles. The van der Waals surface area contributed by atoms with Crippen LogP contribution in [0, 0.1) is 17.5 Å². The number of thiophene rings is 1. The van der Waals surface area contributed by atoms with Gasteiger partial charge in [-0.25, -0.2) is 18.0 Å². The number of hydrogen-bond acceptors (Lipinski definition) is 6. The van der Waals surface area contributed by atoms with Crippen LogP contribution in [0.25, 0.3) is 32.6 Å². The highest BCUT2D eigenvalue weighted by Crippen LogP contribution is 2.44. The highest BCUT2D eigenvalue weighted by atomic mass is 32.1. The number of H-pyrrole nitrogens is 1. The van der Waals surface area contributed by atoms with Crippen LogP contribution in [-0.2, 0) is 15.8 Å². The number of fused-ring (bicyclic) bond motifs is 2. The summed E-state index contributed by atoms with van der Waals surface area (Å²) in [6.45, 7) is 19.5. The van der Waals surface area contributed by atoms with E-state index in [0.29, 0.717) is 12.2 Å². The average molecular weight is 675 g/mol. The Kier molecular flexibility index (Phi) is 8.61. The van der Waals surface area contributed by atoms with Crippen molar-refractivity contribution in [3.63, 3.8) is 0 Å². The molecule has 3 aromatic heterocycles. The molecule has 248 valence electrons. The predicted molar refractivity (Wildman–Crippen MR) is 177 cm³/mol. The largest absolute Gasteiger partial charge is 0.444 e. The fourth-order valence-electron chi connectivity index (χ4n) is 5.46. The van der Waals surface area contributed by atoms with Gasteiger partial charge in [-0.15, -0.1) is 11.3 Å². The zero-order chi connectivity index (χ0) is 34.1. The van der Waals surface area contributed by atoms with E-state index in [2.05, 4.69) is 25.8 Å². The van der Waals surface area contributed by atoms with Gasteiger partial charge in [-0.1, -0.05) is 20.8 Å². The summed E-state index contributed by atoms with van der Waals surface area (Å²) in [4.78, 5) is 30.9. The molecule has 8 nitrogen and oxygen atoms in total. The van der Waals surface area contributed by atoms with Crippen molar-refractivity contribution in [1.29, 1.82) is 0 Å². The molecule has 0 saturated carbocycles. The number of carbonyl (C=O) groups excluding carboxylic acids is 1. The van der Waals surface area contributed by atoms with Crippen molar-refractivity contribution >= 4 is 35.8 Å². The van der Waals surface area contributed by atoms with E-state index < -0.39 is 49.1 Å². The molecule has 0 saturated heterocycles. The summed E-state index contributed by atoms with van der Waals surface area (Å²) >= 11 is 0.902. The molecule has 4 heterocycles. The van der Waals surface area contributed by atoms with Gasteiger partial charge in [-0.3, -0.25) is 14.4 Å². The Balaban J connectivity index is 1.72. The number of halogens is 3. The molecule has 0 unspecified atom stereocenters. The smallest absolute Gasteiger partial charge is 0.410 e. The van der Waals surface area contributed by atoms with Gasteiger partial charge in [0.1, 0.15) is 33.4 Å². The van der Waals surface area contributed by atoms with Gasteiger partial charge < -0.3 is 14.1 Å². The van der Waals surface area contributed by atoms with Gasteiger partial charge in [0.05, 0.1) is 30.1 Å². The fraction of sp³-hybridized carbons (Fsp3) is 0.485. The first-order valence-electron chi connectivity index (χ1n) is 15.2. The van der Waals surface area contributed by atoms with E-state index in [1.165, 1.54) is 11.4 Å². The topological polar surface area (TPSA) is 89.5 Å². The Bertz CT molecular complexity index is 1890.